The summed E-state index contributed by atoms with van der Waals surface area (Å²) in [7, 11) is 0. The molecule has 7 heteroatoms. The molecule has 5 aromatic carbocycles. The maximum Gasteiger partial charge on any atom is 0.343 e. The summed E-state index contributed by atoms with van der Waals surface area (Å²) in [5, 5.41) is 0.465. The molecule has 0 saturated heterocycles. The Hall–Kier alpha value is -5.82. The molecule has 1 heterocycles. The molecule has 6 rings (SSSR count). The quantitative estimate of drug-likeness (QED) is 0.152. The highest BCUT2D eigenvalue weighted by Crippen LogP contribution is 2.50. The predicted molar refractivity (Wildman–Crippen MR) is 164 cm³/mol. The first-order valence-electron chi connectivity index (χ1n) is 13.8. The van der Waals surface area contributed by atoms with Crippen molar-refractivity contribution in [3.63, 3.8) is 0 Å². The van der Waals surface area contributed by atoms with Gasteiger partial charge in [-0.05, 0) is 61.5 Å². The number of rotatable bonds is 10. The van der Waals surface area contributed by atoms with Crippen LogP contribution in [0.4, 0.5) is 0 Å². The minimum absolute atomic E-state index is 0.159. The first kappa shape index (κ1) is 27.4. The van der Waals surface area contributed by atoms with E-state index >= 15 is 0 Å². The predicted octanol–water partition coefficient (Wildman–Crippen LogP) is 9.58. The van der Waals surface area contributed by atoms with Crippen LogP contribution in [0.25, 0.3) is 10.9 Å². The lowest BCUT2D eigenvalue weighted by molar-refractivity contribution is 0.0523. The molecular formula is C36H27NO6. The van der Waals surface area contributed by atoms with E-state index in [9.17, 15) is 4.79 Å². The number of nitrogens with zero attached hydrogens (tertiary/aromatic N) is 1. The van der Waals surface area contributed by atoms with E-state index < -0.39 is 5.97 Å². The highest BCUT2D eigenvalue weighted by molar-refractivity contribution is 6.03. The molecule has 0 amide bonds. The molecular weight excluding hydrogens is 542 g/mol. The van der Waals surface area contributed by atoms with Crippen LogP contribution < -0.4 is 18.9 Å². The molecule has 43 heavy (non-hydrogen) atoms. The third-order valence-corrected chi connectivity index (χ3v) is 6.34. The number of hydrogen-bond acceptors (Lipinski definition) is 7. The Balaban J connectivity index is 1.64. The summed E-state index contributed by atoms with van der Waals surface area (Å²) >= 11 is 0. The Kier molecular flexibility index (Phi) is 8.13. The molecule has 0 radical (unpaired) electrons. The second kappa shape index (κ2) is 12.8. The zero-order valence-electron chi connectivity index (χ0n) is 23.3. The maximum atomic E-state index is 13.1. The molecule has 0 N–H and O–H groups in total. The highest BCUT2D eigenvalue weighted by Gasteiger charge is 2.27. The fraction of sp³-hybridized carbons (Fsp3) is 0.0556. The van der Waals surface area contributed by atoms with E-state index in [0.29, 0.717) is 45.4 Å². The minimum Gasteiger partial charge on any atom is -0.462 e. The maximum absolute atomic E-state index is 13.1. The number of para-hydroxylation sites is 4. The lowest BCUT2D eigenvalue weighted by Crippen LogP contribution is -2.08. The van der Waals surface area contributed by atoms with Gasteiger partial charge in [-0.1, -0.05) is 72.8 Å². The van der Waals surface area contributed by atoms with Crippen molar-refractivity contribution in [2.24, 2.45) is 0 Å². The Bertz CT molecular complexity index is 1830. The molecule has 6 aromatic rings. The number of esters is 1. The van der Waals surface area contributed by atoms with Crippen LogP contribution in [-0.2, 0) is 4.74 Å². The van der Waals surface area contributed by atoms with E-state index in [0.717, 1.165) is 0 Å². The van der Waals surface area contributed by atoms with Crippen molar-refractivity contribution >= 4 is 16.9 Å². The molecule has 7 nitrogen and oxygen atoms in total. The van der Waals surface area contributed by atoms with E-state index in [4.69, 9.17) is 28.7 Å². The number of aromatic nitrogens is 1. The van der Waals surface area contributed by atoms with Gasteiger partial charge in [0.25, 0.3) is 0 Å². The van der Waals surface area contributed by atoms with Crippen LogP contribution in [0, 0.1) is 0 Å². The number of carbonyl (C=O) groups excluding carboxylic acids is 1. The first-order valence-corrected chi connectivity index (χ1v) is 13.8. The fourth-order valence-corrected chi connectivity index (χ4v) is 4.41. The normalized spacial score (nSPS) is 10.6. The van der Waals surface area contributed by atoms with E-state index in [-0.39, 0.29) is 23.7 Å². The van der Waals surface area contributed by atoms with Crippen LogP contribution in [-0.4, -0.2) is 17.6 Å². The summed E-state index contributed by atoms with van der Waals surface area (Å²) in [5.74, 6) is 2.82. The van der Waals surface area contributed by atoms with Gasteiger partial charge in [-0.25, -0.2) is 4.79 Å². The molecule has 0 atom stereocenters. The van der Waals surface area contributed by atoms with E-state index in [1.807, 2.05) is 109 Å². The highest BCUT2D eigenvalue weighted by atomic mass is 16.5. The number of pyridine rings is 1. The van der Waals surface area contributed by atoms with Crippen LogP contribution in [0.2, 0.25) is 0 Å². The van der Waals surface area contributed by atoms with Crippen molar-refractivity contribution in [3.8, 4) is 46.0 Å². The van der Waals surface area contributed by atoms with Crippen molar-refractivity contribution in [2.45, 2.75) is 6.92 Å². The average Bonchev–Trinajstić information content (AvgIpc) is 3.05. The Labute approximate surface area is 248 Å². The van der Waals surface area contributed by atoms with E-state index in [1.54, 1.807) is 25.1 Å². The van der Waals surface area contributed by atoms with Gasteiger partial charge in [-0.15, -0.1) is 0 Å². The molecule has 1 aromatic heterocycles. The van der Waals surface area contributed by atoms with Crippen LogP contribution in [0.15, 0.2) is 134 Å². The number of carbonyl (C=O) groups is 1. The van der Waals surface area contributed by atoms with Crippen molar-refractivity contribution in [3.05, 3.63) is 139 Å². The monoisotopic (exact) mass is 569 g/mol. The fourth-order valence-electron chi connectivity index (χ4n) is 4.41. The van der Waals surface area contributed by atoms with E-state index in [2.05, 4.69) is 0 Å². The van der Waals surface area contributed by atoms with Gasteiger partial charge in [-0.2, -0.15) is 0 Å². The summed E-state index contributed by atoms with van der Waals surface area (Å²) in [6.45, 7) is 1.94. The average molecular weight is 570 g/mol. The standard InChI is InChI=1S/C36H27NO6/c1-2-39-36(38)30-24-37-32-29(33(30)41-26-17-9-4-10-18-26)23-31(40-25-15-7-3-8-16-25)34(42-27-19-11-5-12-20-27)35(32)43-28-21-13-6-14-22-28/h3-24H,2H2,1H3. The second-order valence-electron chi connectivity index (χ2n) is 9.31. The van der Waals surface area contributed by atoms with Crippen LogP contribution in [0.5, 0.6) is 46.0 Å². The number of hydrogen-bond donors (Lipinski definition) is 0. The molecule has 0 aliphatic carbocycles. The van der Waals surface area contributed by atoms with Gasteiger partial charge >= 0.3 is 5.97 Å². The van der Waals surface area contributed by atoms with Gasteiger partial charge in [0.2, 0.25) is 5.75 Å². The first-order chi connectivity index (χ1) is 21.2. The van der Waals surface area contributed by atoms with Gasteiger partial charge in [-0.3, -0.25) is 4.98 Å². The van der Waals surface area contributed by atoms with Crippen LogP contribution in [0.1, 0.15) is 17.3 Å². The van der Waals surface area contributed by atoms with Gasteiger partial charge in [0.15, 0.2) is 17.2 Å². The molecule has 0 unspecified atom stereocenters. The smallest absolute Gasteiger partial charge is 0.343 e. The van der Waals surface area contributed by atoms with Crippen molar-refractivity contribution in [1.29, 1.82) is 0 Å². The topological polar surface area (TPSA) is 76.1 Å². The Morgan fingerprint density at radius 1 is 0.581 bits per heavy atom. The zero-order valence-corrected chi connectivity index (χ0v) is 23.3. The molecule has 0 saturated carbocycles. The number of benzene rings is 5. The minimum atomic E-state index is -0.566. The lowest BCUT2D eigenvalue weighted by Gasteiger charge is -2.20. The summed E-state index contributed by atoms with van der Waals surface area (Å²) < 4.78 is 31.1. The van der Waals surface area contributed by atoms with Crippen LogP contribution in [0.3, 0.4) is 0 Å². The SMILES string of the molecule is CCOC(=O)c1cnc2c(Oc3ccccc3)c(Oc3ccccc3)c(Oc3ccccc3)cc2c1Oc1ccccc1. The van der Waals surface area contributed by atoms with Crippen molar-refractivity contribution < 1.29 is 28.5 Å². The molecule has 0 spiro atoms. The summed E-state index contributed by atoms with van der Waals surface area (Å²) in [6, 6.07) is 38.9. The van der Waals surface area contributed by atoms with Gasteiger partial charge in [0.1, 0.15) is 34.1 Å². The van der Waals surface area contributed by atoms with Crippen LogP contribution >= 0.6 is 0 Å². The molecule has 212 valence electrons. The molecule has 0 fully saturated rings. The molecule has 0 bridgehead atoms. The van der Waals surface area contributed by atoms with Gasteiger partial charge < -0.3 is 23.7 Å². The van der Waals surface area contributed by atoms with Gasteiger partial charge in [0.05, 0.1) is 12.0 Å². The largest absolute Gasteiger partial charge is 0.462 e. The summed E-state index contributed by atoms with van der Waals surface area (Å²) in [6.07, 6.45) is 1.43. The Morgan fingerprint density at radius 3 is 1.51 bits per heavy atom. The van der Waals surface area contributed by atoms with E-state index in [1.165, 1.54) is 6.20 Å². The third kappa shape index (κ3) is 6.26. The molecule has 0 aliphatic rings. The van der Waals surface area contributed by atoms with Crippen molar-refractivity contribution in [2.75, 3.05) is 6.61 Å². The summed E-state index contributed by atoms with van der Waals surface area (Å²) in [5.41, 5.74) is 0.556. The third-order valence-electron chi connectivity index (χ3n) is 6.34. The van der Waals surface area contributed by atoms with Gasteiger partial charge in [0, 0.05) is 6.20 Å². The summed E-state index contributed by atoms with van der Waals surface area (Å²) in [4.78, 5) is 17.8. The Morgan fingerprint density at radius 2 is 1.02 bits per heavy atom. The number of ether oxygens (including phenoxy) is 5. The van der Waals surface area contributed by atoms with Crippen molar-refractivity contribution in [1.82, 2.24) is 4.98 Å². The second-order valence-corrected chi connectivity index (χ2v) is 9.31. The lowest BCUT2D eigenvalue weighted by atomic mass is 10.1. The number of fused-ring (bicyclic) bond motifs is 1. The zero-order chi connectivity index (χ0) is 29.4. The molecule has 0 aliphatic heterocycles.